The van der Waals surface area contributed by atoms with Crippen LogP contribution in [0.5, 0.6) is 11.5 Å². The molecular weight excluding hydrogens is 308 g/mol. The number of hydrogen-bond acceptors (Lipinski definition) is 3. The van der Waals surface area contributed by atoms with Crippen LogP contribution in [0.3, 0.4) is 0 Å². The SMILES string of the molecule is COc1ccc(CNC(=S)Nc2cccc(OC(C)C)c2)cc1. The quantitative estimate of drug-likeness (QED) is 0.785. The van der Waals surface area contributed by atoms with Crippen molar-refractivity contribution < 1.29 is 9.47 Å². The van der Waals surface area contributed by atoms with Crippen LogP contribution in [0.4, 0.5) is 5.69 Å². The lowest BCUT2D eigenvalue weighted by Gasteiger charge is -2.13. The van der Waals surface area contributed by atoms with Crippen LogP contribution in [0, 0.1) is 0 Å². The van der Waals surface area contributed by atoms with Crippen molar-refractivity contribution in [3.63, 3.8) is 0 Å². The smallest absolute Gasteiger partial charge is 0.171 e. The number of hydrogen-bond donors (Lipinski definition) is 2. The van der Waals surface area contributed by atoms with E-state index >= 15 is 0 Å². The summed E-state index contributed by atoms with van der Waals surface area (Å²) >= 11 is 5.33. The number of thiocarbonyl (C=S) groups is 1. The molecule has 0 fully saturated rings. The average molecular weight is 330 g/mol. The maximum Gasteiger partial charge on any atom is 0.171 e. The Hall–Kier alpha value is -2.27. The zero-order valence-corrected chi connectivity index (χ0v) is 14.4. The molecule has 2 N–H and O–H groups in total. The fraction of sp³-hybridized carbons (Fsp3) is 0.278. The van der Waals surface area contributed by atoms with Gasteiger partial charge >= 0.3 is 0 Å². The second-order valence-electron chi connectivity index (χ2n) is 5.35. The summed E-state index contributed by atoms with van der Waals surface area (Å²) in [6, 6.07) is 15.6. The molecule has 0 spiro atoms. The number of rotatable bonds is 6. The highest BCUT2D eigenvalue weighted by molar-refractivity contribution is 7.80. The molecule has 0 heterocycles. The summed E-state index contributed by atoms with van der Waals surface area (Å²) in [4.78, 5) is 0. The third-order valence-corrected chi connectivity index (χ3v) is 3.32. The minimum atomic E-state index is 0.144. The molecule has 0 amide bonds. The molecular formula is C18H22N2O2S. The van der Waals surface area contributed by atoms with Gasteiger partial charge in [0.25, 0.3) is 0 Å². The molecule has 0 aliphatic rings. The maximum atomic E-state index is 5.67. The molecule has 0 saturated heterocycles. The van der Waals surface area contributed by atoms with E-state index in [0.29, 0.717) is 11.7 Å². The molecule has 0 atom stereocenters. The number of ether oxygens (including phenoxy) is 2. The van der Waals surface area contributed by atoms with Gasteiger partial charge in [0, 0.05) is 18.3 Å². The lowest BCUT2D eigenvalue weighted by molar-refractivity contribution is 0.242. The van der Waals surface area contributed by atoms with E-state index in [1.54, 1.807) is 7.11 Å². The molecule has 2 aromatic rings. The number of methoxy groups -OCH3 is 1. The maximum absolute atomic E-state index is 5.67. The number of benzene rings is 2. The standard InChI is InChI=1S/C18H22N2O2S/c1-13(2)22-17-6-4-5-15(11-17)20-18(23)19-12-14-7-9-16(21-3)10-8-14/h4-11,13H,12H2,1-3H3,(H2,19,20,23). The first-order chi connectivity index (χ1) is 11.1. The molecule has 0 saturated carbocycles. The van der Waals surface area contributed by atoms with Gasteiger partial charge in [-0.3, -0.25) is 0 Å². The Balaban J connectivity index is 1.86. The van der Waals surface area contributed by atoms with Gasteiger partial charge < -0.3 is 20.1 Å². The minimum Gasteiger partial charge on any atom is -0.497 e. The van der Waals surface area contributed by atoms with E-state index in [4.69, 9.17) is 21.7 Å². The van der Waals surface area contributed by atoms with Crippen molar-refractivity contribution in [2.75, 3.05) is 12.4 Å². The van der Waals surface area contributed by atoms with Crippen molar-refractivity contribution in [3.8, 4) is 11.5 Å². The molecule has 122 valence electrons. The third kappa shape index (κ3) is 5.79. The van der Waals surface area contributed by atoms with Crippen molar-refractivity contribution >= 4 is 23.0 Å². The van der Waals surface area contributed by atoms with Gasteiger partial charge in [0.05, 0.1) is 13.2 Å². The summed E-state index contributed by atoms with van der Waals surface area (Å²) in [5, 5.41) is 6.92. The highest BCUT2D eigenvalue weighted by Gasteiger charge is 2.02. The van der Waals surface area contributed by atoms with Gasteiger partial charge in [0.1, 0.15) is 11.5 Å². The molecule has 0 unspecified atom stereocenters. The summed E-state index contributed by atoms with van der Waals surface area (Å²) in [6.45, 7) is 4.65. The van der Waals surface area contributed by atoms with E-state index in [1.807, 2.05) is 62.4 Å². The van der Waals surface area contributed by atoms with E-state index in [0.717, 1.165) is 22.7 Å². The summed E-state index contributed by atoms with van der Waals surface area (Å²) in [5.41, 5.74) is 2.03. The monoisotopic (exact) mass is 330 g/mol. The molecule has 2 rings (SSSR count). The van der Waals surface area contributed by atoms with Crippen LogP contribution in [0.15, 0.2) is 48.5 Å². The topological polar surface area (TPSA) is 42.5 Å². The first kappa shape index (κ1) is 17.1. The second-order valence-corrected chi connectivity index (χ2v) is 5.76. The Labute approximate surface area is 142 Å². The second kappa shape index (κ2) is 8.39. The van der Waals surface area contributed by atoms with Gasteiger partial charge in [-0.05, 0) is 55.9 Å². The van der Waals surface area contributed by atoms with Gasteiger partial charge in [-0.15, -0.1) is 0 Å². The van der Waals surface area contributed by atoms with Crippen LogP contribution < -0.4 is 20.1 Å². The van der Waals surface area contributed by atoms with Gasteiger partial charge in [0.2, 0.25) is 0 Å². The number of anilines is 1. The highest BCUT2D eigenvalue weighted by atomic mass is 32.1. The first-order valence-corrected chi connectivity index (χ1v) is 7.92. The van der Waals surface area contributed by atoms with Crippen molar-refractivity contribution in [1.29, 1.82) is 0 Å². The Kier molecular flexibility index (Phi) is 6.23. The van der Waals surface area contributed by atoms with Crippen molar-refractivity contribution in [2.45, 2.75) is 26.5 Å². The Morgan fingerprint density at radius 2 is 1.83 bits per heavy atom. The van der Waals surface area contributed by atoms with Crippen molar-refractivity contribution in [2.24, 2.45) is 0 Å². The molecule has 2 aromatic carbocycles. The fourth-order valence-electron chi connectivity index (χ4n) is 2.02. The lowest BCUT2D eigenvalue weighted by atomic mass is 10.2. The van der Waals surface area contributed by atoms with Gasteiger partial charge in [-0.1, -0.05) is 18.2 Å². The summed E-state index contributed by atoms with van der Waals surface area (Å²) in [7, 11) is 1.66. The molecule has 23 heavy (non-hydrogen) atoms. The largest absolute Gasteiger partial charge is 0.497 e. The average Bonchev–Trinajstić information content (AvgIpc) is 2.53. The summed E-state index contributed by atoms with van der Waals surface area (Å²) in [5.74, 6) is 1.67. The van der Waals surface area contributed by atoms with E-state index < -0.39 is 0 Å². The van der Waals surface area contributed by atoms with Gasteiger partial charge in [0.15, 0.2) is 5.11 Å². The van der Waals surface area contributed by atoms with Crippen LogP contribution >= 0.6 is 12.2 Å². The zero-order valence-electron chi connectivity index (χ0n) is 13.6. The lowest BCUT2D eigenvalue weighted by Crippen LogP contribution is -2.27. The molecule has 0 radical (unpaired) electrons. The molecule has 5 heteroatoms. The van der Waals surface area contributed by atoms with Gasteiger partial charge in [-0.2, -0.15) is 0 Å². The minimum absolute atomic E-state index is 0.144. The predicted molar refractivity (Wildman–Crippen MR) is 98.3 cm³/mol. The van der Waals surface area contributed by atoms with Crippen molar-refractivity contribution in [1.82, 2.24) is 5.32 Å². The van der Waals surface area contributed by atoms with Crippen LogP contribution in [-0.4, -0.2) is 18.3 Å². The van der Waals surface area contributed by atoms with Crippen LogP contribution in [-0.2, 0) is 6.54 Å². The van der Waals surface area contributed by atoms with E-state index in [2.05, 4.69) is 10.6 Å². The molecule has 0 bridgehead atoms. The van der Waals surface area contributed by atoms with E-state index in [1.165, 1.54) is 0 Å². The summed E-state index contributed by atoms with van der Waals surface area (Å²) < 4.78 is 10.8. The van der Waals surface area contributed by atoms with Crippen LogP contribution in [0.2, 0.25) is 0 Å². The van der Waals surface area contributed by atoms with E-state index in [-0.39, 0.29) is 6.10 Å². The van der Waals surface area contributed by atoms with Crippen LogP contribution in [0.1, 0.15) is 19.4 Å². The Bertz CT molecular complexity index is 642. The first-order valence-electron chi connectivity index (χ1n) is 7.51. The van der Waals surface area contributed by atoms with Crippen LogP contribution in [0.25, 0.3) is 0 Å². The zero-order chi connectivity index (χ0) is 16.7. The molecule has 4 nitrogen and oxygen atoms in total. The predicted octanol–water partition coefficient (Wildman–Crippen LogP) is 3.97. The van der Waals surface area contributed by atoms with E-state index in [9.17, 15) is 0 Å². The molecule has 0 aromatic heterocycles. The number of nitrogens with one attached hydrogen (secondary N) is 2. The Morgan fingerprint density at radius 1 is 1.09 bits per heavy atom. The Morgan fingerprint density at radius 3 is 2.48 bits per heavy atom. The molecule has 0 aliphatic carbocycles. The van der Waals surface area contributed by atoms with Crippen molar-refractivity contribution in [3.05, 3.63) is 54.1 Å². The fourth-order valence-corrected chi connectivity index (χ4v) is 2.21. The normalized spacial score (nSPS) is 10.3. The highest BCUT2D eigenvalue weighted by Crippen LogP contribution is 2.18. The van der Waals surface area contributed by atoms with Gasteiger partial charge in [-0.25, -0.2) is 0 Å². The summed E-state index contributed by atoms with van der Waals surface area (Å²) in [6.07, 6.45) is 0.144. The molecule has 0 aliphatic heterocycles. The third-order valence-electron chi connectivity index (χ3n) is 3.08.